The average Bonchev–Trinajstić information content (AvgIpc) is 2.76. The van der Waals surface area contributed by atoms with Crippen LogP contribution in [0.15, 0.2) is 73.1 Å². The number of nitrogens with one attached hydrogen (secondary N) is 1. The molecule has 150 valence electrons. The predicted octanol–water partition coefficient (Wildman–Crippen LogP) is 4.01. The van der Waals surface area contributed by atoms with E-state index in [0.29, 0.717) is 18.7 Å². The molecule has 0 spiro atoms. The second kappa shape index (κ2) is 10.4. The Morgan fingerprint density at radius 3 is 2.45 bits per heavy atom. The van der Waals surface area contributed by atoms with Crippen LogP contribution in [-0.4, -0.2) is 43.0 Å². The number of amides is 1. The van der Waals surface area contributed by atoms with E-state index >= 15 is 0 Å². The van der Waals surface area contributed by atoms with Crippen molar-refractivity contribution < 1.29 is 9.53 Å². The maximum Gasteiger partial charge on any atom is 0.251 e. The molecule has 0 saturated carbocycles. The first-order chi connectivity index (χ1) is 14.1. The molecule has 29 heavy (non-hydrogen) atoms. The average molecular weight is 389 g/mol. The smallest absolute Gasteiger partial charge is 0.251 e. The van der Waals surface area contributed by atoms with Crippen LogP contribution in [0.2, 0.25) is 0 Å². The van der Waals surface area contributed by atoms with Crippen LogP contribution in [-0.2, 0) is 6.54 Å². The fourth-order valence-corrected chi connectivity index (χ4v) is 2.96. The zero-order valence-corrected chi connectivity index (χ0v) is 17.0. The van der Waals surface area contributed by atoms with Gasteiger partial charge in [-0.1, -0.05) is 24.3 Å². The molecule has 0 aliphatic carbocycles. The Hall–Kier alpha value is -3.18. The lowest BCUT2D eigenvalue weighted by atomic mass is 10.0. The number of aromatic nitrogens is 1. The van der Waals surface area contributed by atoms with E-state index in [1.54, 1.807) is 12.4 Å². The van der Waals surface area contributed by atoms with Gasteiger partial charge in [-0.05, 0) is 73.6 Å². The van der Waals surface area contributed by atoms with Gasteiger partial charge in [0.15, 0.2) is 0 Å². The molecule has 3 aromatic rings. The molecule has 1 amide bonds. The topological polar surface area (TPSA) is 54.5 Å². The number of ether oxygens (including phenoxy) is 1. The maximum atomic E-state index is 12.5. The molecule has 5 heteroatoms. The molecule has 0 aliphatic rings. The Labute approximate surface area is 172 Å². The van der Waals surface area contributed by atoms with Gasteiger partial charge in [0.1, 0.15) is 5.75 Å². The van der Waals surface area contributed by atoms with Crippen LogP contribution in [0, 0.1) is 0 Å². The van der Waals surface area contributed by atoms with Gasteiger partial charge in [-0.2, -0.15) is 0 Å². The van der Waals surface area contributed by atoms with E-state index in [0.717, 1.165) is 35.4 Å². The first kappa shape index (κ1) is 20.6. The molecule has 0 atom stereocenters. The minimum atomic E-state index is -0.0939. The van der Waals surface area contributed by atoms with Crippen LogP contribution in [0.5, 0.6) is 5.75 Å². The van der Waals surface area contributed by atoms with Crippen molar-refractivity contribution in [2.75, 3.05) is 27.2 Å². The number of pyridine rings is 1. The largest absolute Gasteiger partial charge is 0.494 e. The lowest BCUT2D eigenvalue weighted by Gasteiger charge is -2.11. The molecule has 1 N–H and O–H groups in total. The molecular formula is C24H27N3O2. The number of rotatable bonds is 9. The molecule has 2 aromatic carbocycles. The highest BCUT2D eigenvalue weighted by molar-refractivity contribution is 5.94. The summed E-state index contributed by atoms with van der Waals surface area (Å²) >= 11 is 0. The summed E-state index contributed by atoms with van der Waals surface area (Å²) in [6.45, 7) is 2.13. The zero-order valence-electron chi connectivity index (χ0n) is 17.0. The third-order valence-electron chi connectivity index (χ3n) is 4.53. The maximum absolute atomic E-state index is 12.5. The van der Waals surface area contributed by atoms with Crippen LogP contribution in [0.25, 0.3) is 11.1 Å². The molecule has 1 aromatic heterocycles. The van der Waals surface area contributed by atoms with E-state index in [4.69, 9.17) is 4.74 Å². The zero-order chi connectivity index (χ0) is 20.5. The van der Waals surface area contributed by atoms with Gasteiger partial charge in [0.25, 0.3) is 5.91 Å². The molecule has 0 aliphatic heterocycles. The predicted molar refractivity (Wildman–Crippen MR) is 116 cm³/mol. The van der Waals surface area contributed by atoms with Crippen LogP contribution < -0.4 is 10.1 Å². The first-order valence-corrected chi connectivity index (χ1v) is 9.77. The number of hydrogen-bond acceptors (Lipinski definition) is 4. The fraction of sp³-hybridized carbons (Fsp3) is 0.250. The monoisotopic (exact) mass is 389 g/mol. The van der Waals surface area contributed by atoms with Gasteiger partial charge in [0.05, 0.1) is 6.61 Å². The van der Waals surface area contributed by atoms with Gasteiger partial charge in [0.2, 0.25) is 0 Å². The van der Waals surface area contributed by atoms with Crippen LogP contribution in [0.1, 0.15) is 22.3 Å². The quantitative estimate of drug-likeness (QED) is 0.562. The van der Waals surface area contributed by atoms with Crippen LogP contribution in [0.3, 0.4) is 0 Å². The van der Waals surface area contributed by atoms with Gasteiger partial charge >= 0.3 is 0 Å². The van der Waals surface area contributed by atoms with Gasteiger partial charge in [-0.3, -0.25) is 9.78 Å². The SMILES string of the molecule is CN(C)CCCOc1cccc(CNC(=O)c2ccc(-c3ccncc3)cc2)c1. The molecule has 1 heterocycles. The number of hydrogen-bond donors (Lipinski definition) is 1. The second-order valence-electron chi connectivity index (χ2n) is 7.15. The lowest BCUT2D eigenvalue weighted by molar-refractivity contribution is 0.0951. The number of carbonyl (C=O) groups is 1. The van der Waals surface area contributed by atoms with E-state index < -0.39 is 0 Å². The minimum absolute atomic E-state index is 0.0939. The summed E-state index contributed by atoms with van der Waals surface area (Å²) in [7, 11) is 4.10. The van der Waals surface area contributed by atoms with E-state index in [-0.39, 0.29) is 5.91 Å². The van der Waals surface area contributed by atoms with E-state index in [1.807, 2.05) is 60.7 Å². The third kappa shape index (κ3) is 6.43. The summed E-state index contributed by atoms with van der Waals surface area (Å²) in [5.41, 5.74) is 3.79. The lowest BCUT2D eigenvalue weighted by Crippen LogP contribution is -2.22. The van der Waals surface area contributed by atoms with Gasteiger partial charge in [0, 0.05) is 31.0 Å². The van der Waals surface area contributed by atoms with Crippen LogP contribution >= 0.6 is 0 Å². The van der Waals surface area contributed by atoms with E-state index in [1.165, 1.54) is 0 Å². The van der Waals surface area contributed by atoms with Crippen molar-refractivity contribution in [2.24, 2.45) is 0 Å². The van der Waals surface area contributed by atoms with Crippen molar-refractivity contribution in [3.8, 4) is 16.9 Å². The van der Waals surface area contributed by atoms with E-state index in [2.05, 4.69) is 29.3 Å². The number of carbonyl (C=O) groups excluding carboxylic acids is 1. The minimum Gasteiger partial charge on any atom is -0.494 e. The molecule has 0 unspecified atom stereocenters. The highest BCUT2D eigenvalue weighted by Gasteiger charge is 2.06. The van der Waals surface area contributed by atoms with Crippen molar-refractivity contribution in [3.05, 3.63) is 84.2 Å². The highest BCUT2D eigenvalue weighted by Crippen LogP contribution is 2.19. The van der Waals surface area contributed by atoms with Crippen molar-refractivity contribution in [1.82, 2.24) is 15.2 Å². The van der Waals surface area contributed by atoms with E-state index in [9.17, 15) is 4.79 Å². The van der Waals surface area contributed by atoms with Gasteiger partial charge < -0.3 is 15.0 Å². The normalized spacial score (nSPS) is 10.7. The number of nitrogens with zero attached hydrogens (tertiary/aromatic N) is 2. The number of benzene rings is 2. The summed E-state index contributed by atoms with van der Waals surface area (Å²) in [5.74, 6) is 0.737. The Morgan fingerprint density at radius 2 is 1.72 bits per heavy atom. The molecule has 0 radical (unpaired) electrons. The molecular weight excluding hydrogens is 362 g/mol. The highest BCUT2D eigenvalue weighted by atomic mass is 16.5. The molecule has 0 saturated heterocycles. The summed E-state index contributed by atoms with van der Waals surface area (Å²) in [4.78, 5) is 18.6. The first-order valence-electron chi connectivity index (χ1n) is 9.77. The Kier molecular flexibility index (Phi) is 7.36. The molecule has 0 bridgehead atoms. The standard InChI is InChI=1S/C24H27N3O2/c1-27(2)15-4-16-29-23-6-3-5-19(17-23)18-26-24(28)22-9-7-20(8-10-22)21-11-13-25-14-12-21/h3,5-14,17H,4,15-16,18H2,1-2H3,(H,26,28). The van der Waals surface area contributed by atoms with Gasteiger partial charge in [-0.15, -0.1) is 0 Å². The molecule has 5 nitrogen and oxygen atoms in total. The Morgan fingerprint density at radius 1 is 1.00 bits per heavy atom. The molecule has 0 fully saturated rings. The summed E-state index contributed by atoms with van der Waals surface area (Å²) < 4.78 is 5.80. The van der Waals surface area contributed by atoms with Crippen molar-refractivity contribution in [1.29, 1.82) is 0 Å². The Balaban J connectivity index is 1.52. The second-order valence-corrected chi connectivity index (χ2v) is 7.15. The summed E-state index contributed by atoms with van der Waals surface area (Å²) in [5, 5.41) is 2.97. The van der Waals surface area contributed by atoms with Crippen LogP contribution in [0.4, 0.5) is 0 Å². The summed E-state index contributed by atoms with van der Waals surface area (Å²) in [6.07, 6.45) is 4.50. The summed E-state index contributed by atoms with van der Waals surface area (Å²) in [6, 6.07) is 19.3. The van der Waals surface area contributed by atoms with Crippen molar-refractivity contribution >= 4 is 5.91 Å². The Bertz CT molecular complexity index is 909. The van der Waals surface area contributed by atoms with Crippen molar-refractivity contribution in [2.45, 2.75) is 13.0 Å². The van der Waals surface area contributed by atoms with Gasteiger partial charge in [-0.25, -0.2) is 0 Å². The fourth-order valence-electron chi connectivity index (χ4n) is 2.96. The molecule has 3 rings (SSSR count). The third-order valence-corrected chi connectivity index (χ3v) is 4.53. The van der Waals surface area contributed by atoms with Crippen molar-refractivity contribution in [3.63, 3.8) is 0 Å².